The summed E-state index contributed by atoms with van der Waals surface area (Å²) in [5, 5.41) is 7.41. The second-order valence-electron chi connectivity index (χ2n) is 6.83. The first-order valence-corrected chi connectivity index (χ1v) is 10.6. The summed E-state index contributed by atoms with van der Waals surface area (Å²) in [6.07, 6.45) is 1.63. The fourth-order valence-electron chi connectivity index (χ4n) is 2.81. The minimum absolute atomic E-state index is 0.142. The molecule has 0 spiro atoms. The summed E-state index contributed by atoms with van der Waals surface area (Å²) in [6, 6.07) is 17.8. The van der Waals surface area contributed by atoms with Crippen LogP contribution in [-0.2, 0) is 11.3 Å². The van der Waals surface area contributed by atoms with Gasteiger partial charge in [-0.25, -0.2) is 9.37 Å². The van der Waals surface area contributed by atoms with Crippen LogP contribution in [0.5, 0.6) is 0 Å². The highest BCUT2D eigenvalue weighted by Crippen LogP contribution is 2.25. The van der Waals surface area contributed by atoms with Gasteiger partial charge in [0.05, 0.1) is 10.8 Å². The third-order valence-electron chi connectivity index (χ3n) is 4.50. The average Bonchev–Trinajstić information content (AvgIpc) is 3.28. The molecule has 0 atom stereocenters. The van der Waals surface area contributed by atoms with Crippen molar-refractivity contribution in [3.05, 3.63) is 83.8 Å². The van der Waals surface area contributed by atoms with Gasteiger partial charge in [-0.3, -0.25) is 4.79 Å². The molecule has 0 aliphatic carbocycles. The largest absolute Gasteiger partial charge is 0.351 e. The smallest absolute Gasteiger partial charge is 0.258 e. The number of carbonyl (C=O) groups excluding carboxylic acids is 1. The number of pyridine rings is 1. The molecule has 0 saturated carbocycles. The molecule has 2 aromatic heterocycles. The van der Waals surface area contributed by atoms with Gasteiger partial charge in [0.2, 0.25) is 11.7 Å². The number of aryl methyl sites for hydroxylation is 1. The van der Waals surface area contributed by atoms with Crippen molar-refractivity contribution >= 4 is 17.7 Å². The maximum Gasteiger partial charge on any atom is 0.258 e. The molecule has 0 fully saturated rings. The highest BCUT2D eigenvalue weighted by atomic mass is 32.2. The predicted molar refractivity (Wildman–Crippen MR) is 117 cm³/mol. The molecule has 8 heteroatoms. The topological polar surface area (TPSA) is 80.9 Å². The quantitative estimate of drug-likeness (QED) is 0.426. The number of hydrogen-bond donors (Lipinski definition) is 1. The Balaban J connectivity index is 1.37. The summed E-state index contributed by atoms with van der Waals surface area (Å²) in [5.74, 6) is 0.496. The van der Waals surface area contributed by atoms with E-state index in [0.717, 1.165) is 16.7 Å². The zero-order valence-electron chi connectivity index (χ0n) is 16.7. The predicted octanol–water partition coefficient (Wildman–Crippen LogP) is 4.65. The minimum Gasteiger partial charge on any atom is -0.351 e. The monoisotopic (exact) mass is 434 g/mol. The van der Waals surface area contributed by atoms with Gasteiger partial charge >= 0.3 is 0 Å². The lowest BCUT2D eigenvalue weighted by Crippen LogP contribution is -2.25. The Morgan fingerprint density at radius 3 is 2.71 bits per heavy atom. The molecular formula is C23H19FN4O2S. The van der Waals surface area contributed by atoms with Crippen LogP contribution in [0.15, 0.2) is 76.4 Å². The van der Waals surface area contributed by atoms with Crippen molar-refractivity contribution in [1.82, 2.24) is 20.4 Å². The van der Waals surface area contributed by atoms with Gasteiger partial charge in [-0.1, -0.05) is 64.9 Å². The number of halogens is 1. The minimum atomic E-state index is -0.339. The Hall–Kier alpha value is -3.52. The highest BCUT2D eigenvalue weighted by Gasteiger charge is 2.12. The highest BCUT2D eigenvalue weighted by molar-refractivity contribution is 7.99. The molecule has 1 N–H and O–H groups in total. The normalized spacial score (nSPS) is 10.8. The van der Waals surface area contributed by atoms with Crippen LogP contribution in [-0.4, -0.2) is 26.8 Å². The summed E-state index contributed by atoms with van der Waals surface area (Å²) in [7, 11) is 0. The van der Waals surface area contributed by atoms with Gasteiger partial charge in [-0.15, -0.1) is 0 Å². The SMILES string of the molecule is Cc1ccc(-c2noc(-c3ccnc(SCC(=O)NCc4ccccc4F)c3)n2)cc1. The number of thioether (sulfide) groups is 1. The maximum absolute atomic E-state index is 13.6. The fourth-order valence-corrected chi connectivity index (χ4v) is 3.53. The zero-order chi connectivity index (χ0) is 21.6. The molecule has 4 aromatic rings. The molecule has 0 aliphatic heterocycles. The summed E-state index contributed by atoms with van der Waals surface area (Å²) < 4.78 is 19.0. The fraction of sp³-hybridized carbons (Fsp3) is 0.130. The van der Waals surface area contributed by atoms with Crippen LogP contribution in [0.25, 0.3) is 22.8 Å². The number of nitrogens with one attached hydrogen (secondary N) is 1. The number of rotatable bonds is 7. The van der Waals surface area contributed by atoms with Gasteiger partial charge in [-0.2, -0.15) is 4.98 Å². The molecular weight excluding hydrogens is 415 g/mol. The van der Waals surface area contributed by atoms with E-state index in [4.69, 9.17) is 4.52 Å². The van der Waals surface area contributed by atoms with Gasteiger partial charge in [0, 0.05) is 29.4 Å². The maximum atomic E-state index is 13.6. The Morgan fingerprint density at radius 2 is 1.90 bits per heavy atom. The number of hydrogen-bond acceptors (Lipinski definition) is 6. The van der Waals surface area contributed by atoms with Crippen LogP contribution in [0.3, 0.4) is 0 Å². The van der Waals surface area contributed by atoms with Gasteiger partial charge < -0.3 is 9.84 Å². The molecule has 2 heterocycles. The van der Waals surface area contributed by atoms with Crippen molar-refractivity contribution in [2.24, 2.45) is 0 Å². The number of aromatic nitrogens is 3. The summed E-state index contributed by atoms with van der Waals surface area (Å²) in [6.45, 7) is 2.16. The van der Waals surface area contributed by atoms with Crippen LogP contribution in [0.4, 0.5) is 4.39 Å². The number of nitrogens with zero attached hydrogens (tertiary/aromatic N) is 3. The van der Waals surface area contributed by atoms with E-state index < -0.39 is 0 Å². The molecule has 0 bridgehead atoms. The van der Waals surface area contributed by atoms with Crippen molar-refractivity contribution in [2.45, 2.75) is 18.5 Å². The van der Waals surface area contributed by atoms with E-state index in [1.54, 1.807) is 36.5 Å². The first-order chi connectivity index (χ1) is 15.1. The molecule has 4 rings (SSSR count). The molecule has 6 nitrogen and oxygen atoms in total. The Labute approximate surface area is 182 Å². The average molecular weight is 434 g/mol. The lowest BCUT2D eigenvalue weighted by atomic mass is 10.1. The van der Waals surface area contributed by atoms with Crippen LogP contribution in [0.1, 0.15) is 11.1 Å². The number of benzene rings is 2. The first-order valence-electron chi connectivity index (χ1n) is 9.58. The van der Waals surface area contributed by atoms with Gasteiger partial charge in [0.25, 0.3) is 5.89 Å². The number of carbonyl (C=O) groups is 1. The number of amides is 1. The van der Waals surface area contributed by atoms with Crippen LogP contribution in [0, 0.1) is 12.7 Å². The second-order valence-corrected chi connectivity index (χ2v) is 7.82. The summed E-state index contributed by atoms with van der Waals surface area (Å²) in [5.41, 5.74) is 3.19. The van der Waals surface area contributed by atoms with E-state index in [0.29, 0.717) is 22.3 Å². The standard InChI is InChI=1S/C23H19FN4O2S/c1-15-6-8-16(9-7-15)22-27-23(30-28-22)17-10-11-25-21(12-17)31-14-20(29)26-13-18-4-2-3-5-19(18)24/h2-12H,13-14H2,1H3,(H,26,29). The van der Waals surface area contributed by atoms with Crippen LogP contribution < -0.4 is 5.32 Å². The van der Waals surface area contributed by atoms with E-state index in [1.807, 2.05) is 31.2 Å². The summed E-state index contributed by atoms with van der Waals surface area (Å²) >= 11 is 1.27. The van der Waals surface area contributed by atoms with Crippen molar-refractivity contribution in [3.8, 4) is 22.8 Å². The van der Waals surface area contributed by atoms with Crippen molar-refractivity contribution < 1.29 is 13.7 Å². The van der Waals surface area contributed by atoms with Crippen LogP contribution >= 0.6 is 11.8 Å². The van der Waals surface area contributed by atoms with E-state index >= 15 is 0 Å². The van der Waals surface area contributed by atoms with Crippen molar-refractivity contribution in [2.75, 3.05) is 5.75 Å². The van der Waals surface area contributed by atoms with Gasteiger partial charge in [0.1, 0.15) is 5.82 Å². The molecule has 1 amide bonds. The molecule has 156 valence electrons. The molecule has 2 aromatic carbocycles. The Morgan fingerprint density at radius 1 is 1.10 bits per heavy atom. The van der Waals surface area contributed by atoms with Gasteiger partial charge in [-0.05, 0) is 25.1 Å². The molecule has 31 heavy (non-hydrogen) atoms. The molecule has 0 unspecified atom stereocenters. The van der Waals surface area contributed by atoms with Gasteiger partial charge in [0.15, 0.2) is 0 Å². The third-order valence-corrected chi connectivity index (χ3v) is 5.43. The van der Waals surface area contributed by atoms with Crippen LogP contribution in [0.2, 0.25) is 0 Å². The van der Waals surface area contributed by atoms with Crippen molar-refractivity contribution in [3.63, 3.8) is 0 Å². The molecule has 0 aliphatic rings. The Bertz CT molecular complexity index is 1190. The first kappa shape index (κ1) is 20.7. The molecule has 0 saturated heterocycles. The zero-order valence-corrected chi connectivity index (χ0v) is 17.5. The summed E-state index contributed by atoms with van der Waals surface area (Å²) in [4.78, 5) is 20.9. The Kier molecular flexibility index (Phi) is 6.37. The third kappa shape index (κ3) is 5.35. The van der Waals surface area contributed by atoms with E-state index in [2.05, 4.69) is 20.4 Å². The van der Waals surface area contributed by atoms with E-state index in [1.165, 1.54) is 17.8 Å². The van der Waals surface area contributed by atoms with E-state index in [-0.39, 0.29) is 24.0 Å². The van der Waals surface area contributed by atoms with E-state index in [9.17, 15) is 9.18 Å². The lowest BCUT2D eigenvalue weighted by molar-refractivity contribution is -0.118. The second kappa shape index (κ2) is 9.53. The molecule has 0 radical (unpaired) electrons. The lowest BCUT2D eigenvalue weighted by Gasteiger charge is -2.06. The van der Waals surface area contributed by atoms with Crippen molar-refractivity contribution in [1.29, 1.82) is 0 Å².